The van der Waals surface area contributed by atoms with E-state index in [4.69, 9.17) is 4.74 Å². The smallest absolute Gasteiger partial charge is 0.278 e. The summed E-state index contributed by atoms with van der Waals surface area (Å²) in [6.45, 7) is 2.94. The Morgan fingerprint density at radius 1 is 1.31 bits per heavy atom. The normalized spacial score (nSPS) is 21.1. The fourth-order valence-electron chi connectivity index (χ4n) is 5.06. The lowest BCUT2D eigenvalue weighted by Crippen LogP contribution is -2.38. The van der Waals surface area contributed by atoms with E-state index in [1.807, 2.05) is 18.2 Å². The number of alkyl halides is 2. The van der Waals surface area contributed by atoms with Crippen molar-refractivity contribution in [3.8, 4) is 5.19 Å². The molecule has 3 aromatic rings. The van der Waals surface area contributed by atoms with Crippen LogP contribution in [0.15, 0.2) is 24.4 Å². The molecule has 1 aliphatic carbocycles. The first-order chi connectivity index (χ1) is 16.8. The van der Waals surface area contributed by atoms with Crippen molar-refractivity contribution in [1.29, 1.82) is 0 Å². The number of nitrogens with zero attached hydrogens (tertiary/aromatic N) is 3. The number of rotatable bonds is 8. The molecular formula is C25H31F2N5O2S. The van der Waals surface area contributed by atoms with Crippen molar-refractivity contribution >= 4 is 28.1 Å². The molecule has 1 amide bonds. The van der Waals surface area contributed by atoms with Crippen LogP contribution in [0.3, 0.4) is 0 Å². The van der Waals surface area contributed by atoms with Crippen LogP contribution in [-0.4, -0.2) is 57.6 Å². The van der Waals surface area contributed by atoms with Crippen LogP contribution >= 0.6 is 11.3 Å². The molecule has 188 valence electrons. The van der Waals surface area contributed by atoms with E-state index in [9.17, 15) is 13.6 Å². The molecule has 0 radical (unpaired) electrons. The molecule has 1 fully saturated rings. The summed E-state index contributed by atoms with van der Waals surface area (Å²) in [5.74, 6) is -2.23. The van der Waals surface area contributed by atoms with Gasteiger partial charge in [0.1, 0.15) is 0 Å². The summed E-state index contributed by atoms with van der Waals surface area (Å²) >= 11 is 1.40. The third-order valence-electron chi connectivity index (χ3n) is 7.00. The zero-order chi connectivity index (χ0) is 24.4. The monoisotopic (exact) mass is 503 g/mol. The van der Waals surface area contributed by atoms with E-state index in [0.29, 0.717) is 16.7 Å². The zero-order valence-corrected chi connectivity index (χ0v) is 20.7. The Labute approximate surface area is 207 Å². The number of nitrogens with one attached hydrogen (secondary N) is 2. The fourth-order valence-corrected chi connectivity index (χ4v) is 5.97. The Bertz CT molecular complexity index is 1170. The summed E-state index contributed by atoms with van der Waals surface area (Å²) in [6, 6.07) is 5.85. The quantitative estimate of drug-likeness (QED) is 0.462. The molecule has 2 N–H and O–H groups in total. The highest BCUT2D eigenvalue weighted by Gasteiger charge is 2.27. The van der Waals surface area contributed by atoms with Gasteiger partial charge in [-0.1, -0.05) is 17.4 Å². The molecule has 0 saturated heterocycles. The lowest BCUT2D eigenvalue weighted by Gasteiger charge is -2.32. The number of benzene rings is 1. The summed E-state index contributed by atoms with van der Waals surface area (Å²) in [6.07, 6.45) is 7.93. The summed E-state index contributed by atoms with van der Waals surface area (Å²) < 4.78 is 31.3. The molecule has 2 aliphatic rings. The number of aromatic amines is 1. The fraction of sp³-hybridized carbons (Fsp3) is 0.560. The second-order valence-corrected chi connectivity index (χ2v) is 10.9. The lowest BCUT2D eigenvalue weighted by atomic mass is 9.84. The van der Waals surface area contributed by atoms with Crippen molar-refractivity contribution in [2.24, 2.45) is 5.92 Å². The van der Waals surface area contributed by atoms with E-state index in [0.717, 1.165) is 86.6 Å². The van der Waals surface area contributed by atoms with Gasteiger partial charge in [-0.25, -0.2) is 13.8 Å². The number of H-pyrrole nitrogens is 1. The van der Waals surface area contributed by atoms with Crippen LogP contribution in [0.5, 0.6) is 5.19 Å². The van der Waals surface area contributed by atoms with Crippen LogP contribution in [0, 0.1) is 5.92 Å². The van der Waals surface area contributed by atoms with Gasteiger partial charge in [0.05, 0.1) is 23.0 Å². The topological polar surface area (TPSA) is 83.1 Å². The number of thiazole rings is 1. The first-order valence-corrected chi connectivity index (χ1v) is 13.1. The van der Waals surface area contributed by atoms with Crippen molar-refractivity contribution < 1.29 is 18.3 Å². The van der Waals surface area contributed by atoms with Crippen LogP contribution in [-0.2, 0) is 13.0 Å². The van der Waals surface area contributed by atoms with Gasteiger partial charge in [0.25, 0.3) is 17.0 Å². The molecule has 3 heterocycles. The average Bonchev–Trinajstić information content (AvgIpc) is 3.48. The third kappa shape index (κ3) is 5.98. The Kier molecular flexibility index (Phi) is 7.02. The van der Waals surface area contributed by atoms with Crippen molar-refractivity contribution in [3.63, 3.8) is 0 Å². The van der Waals surface area contributed by atoms with Crippen LogP contribution in [0.1, 0.15) is 60.0 Å². The summed E-state index contributed by atoms with van der Waals surface area (Å²) in [5.41, 5.74) is 2.51. The maximum Gasteiger partial charge on any atom is 0.278 e. The van der Waals surface area contributed by atoms with Gasteiger partial charge in [-0.05, 0) is 63.1 Å². The molecule has 0 unspecified atom stereocenters. The molecule has 0 bridgehead atoms. The molecule has 5 rings (SSSR count). The number of carbonyl (C=O) groups is 1. The molecule has 1 aromatic carbocycles. The Morgan fingerprint density at radius 3 is 2.94 bits per heavy atom. The molecular weight excluding hydrogens is 472 g/mol. The second kappa shape index (κ2) is 10.2. The minimum atomic E-state index is -2.85. The van der Waals surface area contributed by atoms with Crippen LogP contribution < -0.4 is 10.1 Å². The number of hydrogen-bond donors (Lipinski definition) is 2. The standard InChI is InChI=1S/C25H31F2N5O2S/c1-25(26,27)15-34-24-30-21-14-32(12-10-22(21)35-24)11-9-16-5-7-17(8-6-16)29-23(33)18-3-2-4-20-19(18)13-28-31-20/h2-4,13,16-17H,5-12,14-15H2,1H3,(H,28,31)(H,29,33). The van der Waals surface area contributed by atoms with Crippen molar-refractivity contribution in [1.82, 2.24) is 25.4 Å². The first kappa shape index (κ1) is 24.1. The highest BCUT2D eigenvalue weighted by atomic mass is 32.1. The zero-order valence-electron chi connectivity index (χ0n) is 19.9. The number of carbonyl (C=O) groups excluding carboxylic acids is 1. The average molecular weight is 504 g/mol. The van der Waals surface area contributed by atoms with Gasteiger partial charge in [-0.2, -0.15) is 5.10 Å². The van der Waals surface area contributed by atoms with E-state index >= 15 is 0 Å². The Hall–Kier alpha value is -2.59. The van der Waals surface area contributed by atoms with Crippen molar-refractivity contribution in [3.05, 3.63) is 40.5 Å². The maximum atomic E-state index is 13.1. The van der Waals surface area contributed by atoms with E-state index < -0.39 is 12.5 Å². The number of amides is 1. The SMILES string of the molecule is CC(F)(F)COc1nc2c(s1)CCN(CCC1CCC(NC(=O)c3cccc4[nH]ncc34)CC1)C2. The van der Waals surface area contributed by atoms with Gasteiger partial charge in [0.2, 0.25) is 0 Å². The molecule has 7 nitrogen and oxygen atoms in total. The predicted octanol–water partition coefficient (Wildman–Crippen LogP) is 4.79. The van der Waals surface area contributed by atoms with E-state index in [1.54, 1.807) is 6.20 Å². The minimum Gasteiger partial charge on any atom is -0.464 e. The molecule has 2 aromatic heterocycles. The van der Waals surface area contributed by atoms with Gasteiger partial charge in [0.15, 0.2) is 6.61 Å². The highest BCUT2D eigenvalue weighted by molar-refractivity contribution is 7.13. The summed E-state index contributed by atoms with van der Waals surface area (Å²) in [7, 11) is 0. The van der Waals surface area contributed by atoms with Crippen LogP contribution in [0.2, 0.25) is 0 Å². The minimum absolute atomic E-state index is 0.0289. The number of aromatic nitrogens is 3. The summed E-state index contributed by atoms with van der Waals surface area (Å²) in [4.78, 5) is 20.8. The number of fused-ring (bicyclic) bond motifs is 2. The van der Waals surface area contributed by atoms with E-state index in [2.05, 4.69) is 25.4 Å². The van der Waals surface area contributed by atoms with Crippen LogP contribution in [0.25, 0.3) is 10.9 Å². The molecule has 1 saturated carbocycles. The van der Waals surface area contributed by atoms with Gasteiger partial charge in [-0.3, -0.25) is 14.8 Å². The number of ether oxygens (including phenoxy) is 1. The van der Waals surface area contributed by atoms with Crippen molar-refractivity contribution in [2.75, 3.05) is 19.7 Å². The van der Waals surface area contributed by atoms with Gasteiger partial charge < -0.3 is 10.1 Å². The Balaban J connectivity index is 1.05. The first-order valence-electron chi connectivity index (χ1n) is 12.3. The van der Waals surface area contributed by atoms with Gasteiger partial charge in [0, 0.05) is 36.3 Å². The van der Waals surface area contributed by atoms with E-state index in [1.165, 1.54) is 11.3 Å². The molecule has 1 aliphatic heterocycles. The largest absolute Gasteiger partial charge is 0.464 e. The molecule has 0 atom stereocenters. The van der Waals surface area contributed by atoms with E-state index in [-0.39, 0.29) is 11.9 Å². The third-order valence-corrected chi connectivity index (χ3v) is 8.07. The molecule has 10 heteroatoms. The van der Waals surface area contributed by atoms with Crippen LogP contribution in [0.4, 0.5) is 8.78 Å². The number of halogens is 2. The van der Waals surface area contributed by atoms with Crippen molar-refractivity contribution in [2.45, 2.75) is 64.0 Å². The summed E-state index contributed by atoms with van der Waals surface area (Å²) in [5, 5.41) is 11.4. The van der Waals surface area contributed by atoms with Gasteiger partial charge in [-0.15, -0.1) is 0 Å². The second-order valence-electron chi connectivity index (χ2n) is 9.85. The highest BCUT2D eigenvalue weighted by Crippen LogP contribution is 2.32. The van der Waals surface area contributed by atoms with Gasteiger partial charge >= 0.3 is 0 Å². The number of hydrogen-bond acceptors (Lipinski definition) is 6. The molecule has 0 spiro atoms. The predicted molar refractivity (Wildman–Crippen MR) is 131 cm³/mol. The lowest BCUT2D eigenvalue weighted by molar-refractivity contribution is -0.0230. The molecule has 35 heavy (non-hydrogen) atoms. The Morgan fingerprint density at radius 2 is 2.14 bits per heavy atom. The maximum absolute atomic E-state index is 13.1.